The van der Waals surface area contributed by atoms with Crippen molar-refractivity contribution in [1.29, 1.82) is 0 Å². The summed E-state index contributed by atoms with van der Waals surface area (Å²) >= 11 is 7.19. The predicted octanol–water partition coefficient (Wildman–Crippen LogP) is 3.03. The number of thioether (sulfide) groups is 1. The summed E-state index contributed by atoms with van der Waals surface area (Å²) in [7, 11) is 0. The third-order valence-electron chi connectivity index (χ3n) is 3.53. The van der Waals surface area contributed by atoms with Crippen LogP contribution in [0.3, 0.4) is 0 Å². The summed E-state index contributed by atoms with van der Waals surface area (Å²) in [6.07, 6.45) is 2.57. The van der Waals surface area contributed by atoms with Gasteiger partial charge in [0.25, 0.3) is 0 Å². The first-order chi connectivity index (χ1) is 8.91. The molecule has 1 fully saturated rings. The number of anilines is 1. The van der Waals surface area contributed by atoms with E-state index in [-0.39, 0.29) is 0 Å². The Morgan fingerprint density at radius 1 is 1.58 bits per heavy atom. The molecule has 0 spiro atoms. The number of aryl methyl sites for hydroxylation is 2. The Kier molecular flexibility index (Phi) is 4.36. The first kappa shape index (κ1) is 14.6. The van der Waals surface area contributed by atoms with Gasteiger partial charge in [0.2, 0.25) is 0 Å². The van der Waals surface area contributed by atoms with E-state index in [4.69, 9.17) is 18.0 Å². The number of nitrogens with zero attached hydrogens (tertiary/aromatic N) is 1. The van der Waals surface area contributed by atoms with E-state index in [0.717, 1.165) is 29.2 Å². The molecule has 0 radical (unpaired) electrons. The fourth-order valence-electron chi connectivity index (χ4n) is 2.54. The molecule has 2 heterocycles. The molecular weight excluding hydrogens is 274 g/mol. The Morgan fingerprint density at radius 3 is 2.89 bits per heavy atom. The normalized spacial score (nSPS) is 22.5. The van der Waals surface area contributed by atoms with E-state index in [9.17, 15) is 0 Å². The van der Waals surface area contributed by atoms with Crippen LogP contribution in [-0.4, -0.2) is 27.0 Å². The average Bonchev–Trinajstić information content (AvgIpc) is 2.72. The molecule has 1 aliphatic heterocycles. The van der Waals surface area contributed by atoms with E-state index < -0.39 is 0 Å². The maximum Gasteiger partial charge on any atom is 0.107 e. The molecule has 0 aliphatic carbocycles. The third kappa shape index (κ3) is 3.39. The van der Waals surface area contributed by atoms with Crippen molar-refractivity contribution in [2.24, 2.45) is 5.73 Å². The molecule has 0 saturated carbocycles. The zero-order chi connectivity index (χ0) is 14.0. The van der Waals surface area contributed by atoms with Crippen LogP contribution in [0, 0.1) is 13.8 Å². The van der Waals surface area contributed by atoms with Crippen molar-refractivity contribution in [2.75, 3.05) is 17.6 Å². The Hall–Kier alpha value is -0.810. The van der Waals surface area contributed by atoms with Gasteiger partial charge in [0.05, 0.1) is 5.56 Å². The molecule has 1 aromatic heterocycles. The van der Waals surface area contributed by atoms with E-state index in [1.807, 2.05) is 31.7 Å². The average molecular weight is 295 g/mol. The quantitative estimate of drug-likeness (QED) is 0.836. The monoisotopic (exact) mass is 295 g/mol. The van der Waals surface area contributed by atoms with Gasteiger partial charge in [-0.1, -0.05) is 12.2 Å². The summed E-state index contributed by atoms with van der Waals surface area (Å²) in [4.78, 5) is 4.85. The third-order valence-corrected chi connectivity index (χ3v) is 5.27. The molecule has 3 N–H and O–H groups in total. The van der Waals surface area contributed by atoms with Crippen LogP contribution in [0.2, 0.25) is 0 Å². The van der Waals surface area contributed by atoms with Crippen molar-refractivity contribution in [3.63, 3.8) is 0 Å². The van der Waals surface area contributed by atoms with Crippen LogP contribution < -0.4 is 11.1 Å². The Morgan fingerprint density at radius 2 is 2.32 bits per heavy atom. The van der Waals surface area contributed by atoms with Gasteiger partial charge >= 0.3 is 0 Å². The summed E-state index contributed by atoms with van der Waals surface area (Å²) < 4.78 is 0.318. The van der Waals surface area contributed by atoms with Gasteiger partial charge in [-0.25, -0.2) is 0 Å². The minimum absolute atomic E-state index is 0.318. The molecule has 19 heavy (non-hydrogen) atoms. The maximum absolute atomic E-state index is 5.83. The highest BCUT2D eigenvalue weighted by molar-refractivity contribution is 8.00. The van der Waals surface area contributed by atoms with Gasteiger partial charge in [-0.05, 0) is 45.4 Å². The van der Waals surface area contributed by atoms with E-state index in [1.165, 1.54) is 18.6 Å². The first-order valence-corrected chi connectivity index (χ1v) is 7.96. The van der Waals surface area contributed by atoms with Gasteiger partial charge in [0.1, 0.15) is 4.99 Å². The number of nitrogens with two attached hydrogens (primary N) is 1. The molecular formula is C14H21N3S2. The maximum atomic E-state index is 5.83. The second kappa shape index (κ2) is 5.67. The fourth-order valence-corrected chi connectivity index (χ4v) is 4.04. The molecule has 0 amide bonds. The minimum atomic E-state index is 0.318. The van der Waals surface area contributed by atoms with Crippen molar-refractivity contribution in [3.8, 4) is 0 Å². The number of hydrogen-bond donors (Lipinski definition) is 2. The minimum Gasteiger partial charge on any atom is -0.389 e. The summed E-state index contributed by atoms with van der Waals surface area (Å²) in [6.45, 7) is 7.21. The second-order valence-electron chi connectivity index (χ2n) is 5.39. The largest absolute Gasteiger partial charge is 0.389 e. The summed E-state index contributed by atoms with van der Waals surface area (Å²) in [5.74, 6) is 1.26. The van der Waals surface area contributed by atoms with Crippen molar-refractivity contribution in [2.45, 2.75) is 38.4 Å². The van der Waals surface area contributed by atoms with E-state index >= 15 is 0 Å². The van der Waals surface area contributed by atoms with Crippen LogP contribution in [0.1, 0.15) is 36.7 Å². The molecule has 1 aliphatic rings. The van der Waals surface area contributed by atoms with Gasteiger partial charge in [-0.2, -0.15) is 11.8 Å². The smallest absolute Gasteiger partial charge is 0.107 e. The highest BCUT2D eigenvalue weighted by Crippen LogP contribution is 2.38. The number of hydrogen-bond acceptors (Lipinski definition) is 4. The summed E-state index contributed by atoms with van der Waals surface area (Å²) in [5, 5.41) is 3.53. The van der Waals surface area contributed by atoms with Crippen LogP contribution in [0.5, 0.6) is 0 Å². The van der Waals surface area contributed by atoms with Crippen molar-refractivity contribution in [3.05, 3.63) is 23.0 Å². The van der Waals surface area contributed by atoms with E-state index in [1.54, 1.807) is 0 Å². The lowest BCUT2D eigenvalue weighted by molar-refractivity contribution is 0.634. The standard InChI is InChI=1S/C14H21N3S2/c1-9-7-11(12(13(15)18)10(2)17-9)16-8-14(3)5-4-6-19-14/h7H,4-6,8H2,1-3H3,(H2,15,18)(H,16,17). The summed E-state index contributed by atoms with van der Waals surface area (Å²) in [5.41, 5.74) is 9.62. The predicted molar refractivity (Wildman–Crippen MR) is 88.2 cm³/mol. The molecule has 1 unspecified atom stereocenters. The van der Waals surface area contributed by atoms with Crippen LogP contribution >= 0.6 is 24.0 Å². The van der Waals surface area contributed by atoms with Crippen LogP contribution in [-0.2, 0) is 0 Å². The van der Waals surface area contributed by atoms with Crippen LogP contribution in [0.4, 0.5) is 5.69 Å². The molecule has 5 heteroatoms. The van der Waals surface area contributed by atoms with Crippen molar-refractivity contribution in [1.82, 2.24) is 4.98 Å². The fraction of sp³-hybridized carbons (Fsp3) is 0.571. The number of pyridine rings is 1. The topological polar surface area (TPSA) is 50.9 Å². The van der Waals surface area contributed by atoms with Gasteiger partial charge in [0.15, 0.2) is 0 Å². The lowest BCUT2D eigenvalue weighted by atomic mass is 10.0. The number of thiocarbonyl (C=S) groups is 1. The highest BCUT2D eigenvalue weighted by Gasteiger charge is 2.29. The van der Waals surface area contributed by atoms with Gasteiger partial charge in [0, 0.05) is 28.4 Å². The number of aromatic nitrogens is 1. The Balaban J connectivity index is 2.21. The SMILES string of the molecule is Cc1cc(NCC2(C)CCCS2)c(C(N)=S)c(C)n1. The molecule has 1 aromatic rings. The molecule has 0 bridgehead atoms. The van der Waals surface area contributed by atoms with E-state index in [0.29, 0.717) is 9.74 Å². The van der Waals surface area contributed by atoms with Crippen molar-refractivity contribution < 1.29 is 0 Å². The Bertz CT molecular complexity index is 494. The van der Waals surface area contributed by atoms with Gasteiger partial charge < -0.3 is 11.1 Å². The van der Waals surface area contributed by atoms with Gasteiger partial charge in [-0.3, -0.25) is 4.98 Å². The Labute approximate surface area is 124 Å². The summed E-state index contributed by atoms with van der Waals surface area (Å²) in [6, 6.07) is 2.03. The van der Waals surface area contributed by atoms with Crippen molar-refractivity contribution >= 4 is 34.7 Å². The lowest BCUT2D eigenvalue weighted by Gasteiger charge is -2.25. The van der Waals surface area contributed by atoms with Crippen LogP contribution in [0.15, 0.2) is 6.07 Å². The first-order valence-electron chi connectivity index (χ1n) is 6.57. The zero-order valence-corrected chi connectivity index (χ0v) is 13.4. The zero-order valence-electron chi connectivity index (χ0n) is 11.7. The van der Waals surface area contributed by atoms with Crippen LogP contribution in [0.25, 0.3) is 0 Å². The number of rotatable bonds is 4. The number of nitrogens with one attached hydrogen (secondary N) is 1. The molecule has 1 saturated heterocycles. The molecule has 2 rings (SSSR count). The lowest BCUT2D eigenvalue weighted by Crippen LogP contribution is -2.28. The second-order valence-corrected chi connectivity index (χ2v) is 7.51. The molecule has 104 valence electrons. The molecule has 1 atom stereocenters. The highest BCUT2D eigenvalue weighted by atomic mass is 32.2. The molecule has 0 aromatic carbocycles. The van der Waals surface area contributed by atoms with Gasteiger partial charge in [-0.15, -0.1) is 0 Å². The molecule has 3 nitrogen and oxygen atoms in total. The van der Waals surface area contributed by atoms with E-state index in [2.05, 4.69) is 17.2 Å².